The number of nitrogens with one attached hydrogen (secondary N) is 3. The summed E-state index contributed by atoms with van der Waals surface area (Å²) in [5, 5.41) is 43.3. The fourth-order valence-corrected chi connectivity index (χ4v) is 3.23. The second-order valence-electron chi connectivity index (χ2n) is 8.51. The molecule has 9 N–H and O–H groups in total. The highest BCUT2D eigenvalue weighted by Gasteiger charge is 2.34. The predicted molar refractivity (Wildman–Crippen MR) is 127 cm³/mol. The highest BCUT2D eigenvalue weighted by atomic mass is 16.4. The van der Waals surface area contributed by atoms with E-state index in [0.29, 0.717) is 12.0 Å². The summed E-state index contributed by atoms with van der Waals surface area (Å²) in [6, 6.07) is -0.0488. The number of hydrogen-bond donors (Lipinski definition) is 8. The molecule has 0 heterocycles. The van der Waals surface area contributed by atoms with Crippen LogP contribution in [-0.4, -0.2) is 80.2 Å². The molecule has 0 spiro atoms. The smallest absolute Gasteiger partial charge is 0.326 e. The highest BCUT2D eigenvalue weighted by molar-refractivity contribution is 5.96. The average molecular weight is 525 g/mol. The van der Waals surface area contributed by atoms with Crippen molar-refractivity contribution < 1.29 is 49.2 Å². The molecular weight excluding hydrogens is 492 g/mol. The Morgan fingerprint density at radius 3 is 1.81 bits per heavy atom. The zero-order chi connectivity index (χ0) is 28.3. The SMILES string of the molecule is CCC(C)C(NC(=O)C(CC(=O)O)NC(=O)C(N)Cc1ccc(O)cc1)C(=O)NC(CC(=O)O)C(=O)O. The van der Waals surface area contributed by atoms with Crippen LogP contribution in [-0.2, 0) is 35.2 Å². The molecule has 37 heavy (non-hydrogen) atoms. The number of nitrogens with two attached hydrogens (primary N) is 1. The second kappa shape index (κ2) is 14.4. The van der Waals surface area contributed by atoms with Gasteiger partial charge in [-0.15, -0.1) is 0 Å². The Morgan fingerprint density at radius 1 is 0.811 bits per heavy atom. The standard InChI is InChI=1S/C23H32N4O10/c1-3-11(2)19(22(35)26-16(23(36)37)10-18(31)32)27-21(34)15(9-17(29)30)25-20(33)14(24)8-12-4-6-13(28)7-5-12/h4-7,11,14-16,19,28H,3,8-10,24H2,1-2H3,(H,25,33)(H,26,35)(H,27,34)(H,29,30)(H,31,32)(H,36,37). The van der Waals surface area contributed by atoms with Crippen molar-refractivity contribution in [1.29, 1.82) is 0 Å². The Labute approximate surface area is 212 Å². The lowest BCUT2D eigenvalue weighted by atomic mass is 9.97. The van der Waals surface area contributed by atoms with Crippen molar-refractivity contribution in [1.82, 2.24) is 16.0 Å². The lowest BCUT2D eigenvalue weighted by Crippen LogP contribution is -2.59. The number of phenolic OH excluding ortho intramolecular Hbond substituents is 1. The molecule has 5 atom stereocenters. The first-order valence-electron chi connectivity index (χ1n) is 11.4. The number of hydrogen-bond acceptors (Lipinski definition) is 8. The van der Waals surface area contributed by atoms with Gasteiger partial charge in [-0.2, -0.15) is 0 Å². The molecule has 1 rings (SSSR count). The first-order valence-corrected chi connectivity index (χ1v) is 11.4. The molecule has 0 aliphatic heterocycles. The van der Waals surface area contributed by atoms with Crippen molar-refractivity contribution >= 4 is 35.6 Å². The van der Waals surface area contributed by atoms with Crippen LogP contribution in [0.15, 0.2) is 24.3 Å². The summed E-state index contributed by atoms with van der Waals surface area (Å²) in [5.74, 6) is -7.90. The second-order valence-corrected chi connectivity index (χ2v) is 8.51. The summed E-state index contributed by atoms with van der Waals surface area (Å²) in [6.07, 6.45) is -1.39. The molecule has 3 amide bonds. The molecule has 0 bridgehead atoms. The molecule has 14 heteroatoms. The lowest BCUT2D eigenvalue weighted by molar-refractivity contribution is -0.147. The minimum absolute atomic E-state index is 0.0116. The van der Waals surface area contributed by atoms with Gasteiger partial charge in [0.1, 0.15) is 23.9 Å². The van der Waals surface area contributed by atoms with E-state index in [0.717, 1.165) is 0 Å². The zero-order valence-electron chi connectivity index (χ0n) is 20.3. The van der Waals surface area contributed by atoms with Gasteiger partial charge < -0.3 is 42.1 Å². The molecule has 1 aromatic rings. The van der Waals surface area contributed by atoms with E-state index in [9.17, 15) is 44.1 Å². The Bertz CT molecular complexity index is 998. The molecule has 1 aromatic carbocycles. The topological polar surface area (TPSA) is 245 Å². The van der Waals surface area contributed by atoms with E-state index in [2.05, 4.69) is 16.0 Å². The summed E-state index contributed by atoms with van der Waals surface area (Å²) in [5.41, 5.74) is 6.49. The Hall–Kier alpha value is -4.20. The van der Waals surface area contributed by atoms with Gasteiger partial charge in [-0.3, -0.25) is 24.0 Å². The van der Waals surface area contributed by atoms with Crippen LogP contribution in [0.2, 0.25) is 0 Å². The quantitative estimate of drug-likeness (QED) is 0.135. The molecule has 0 saturated heterocycles. The van der Waals surface area contributed by atoms with Crippen LogP contribution in [0.25, 0.3) is 0 Å². The highest BCUT2D eigenvalue weighted by Crippen LogP contribution is 2.12. The molecule has 0 aromatic heterocycles. The largest absolute Gasteiger partial charge is 0.508 e. The van der Waals surface area contributed by atoms with E-state index in [1.54, 1.807) is 13.8 Å². The zero-order valence-corrected chi connectivity index (χ0v) is 20.3. The van der Waals surface area contributed by atoms with Crippen LogP contribution in [0, 0.1) is 5.92 Å². The number of phenols is 1. The van der Waals surface area contributed by atoms with Gasteiger partial charge in [-0.05, 0) is 30.0 Å². The first-order chi connectivity index (χ1) is 17.2. The summed E-state index contributed by atoms with van der Waals surface area (Å²) in [6.45, 7) is 3.25. The maximum Gasteiger partial charge on any atom is 0.326 e. The Balaban J connectivity index is 3.01. The fraction of sp³-hybridized carbons (Fsp3) is 0.478. The average Bonchev–Trinajstić information content (AvgIpc) is 2.81. The number of aromatic hydroxyl groups is 1. The number of benzene rings is 1. The van der Waals surface area contributed by atoms with Crippen LogP contribution in [0.3, 0.4) is 0 Å². The van der Waals surface area contributed by atoms with E-state index in [4.69, 9.17) is 10.8 Å². The van der Waals surface area contributed by atoms with Gasteiger partial charge >= 0.3 is 17.9 Å². The third kappa shape index (κ3) is 10.5. The molecule has 0 saturated carbocycles. The molecule has 0 fully saturated rings. The number of carbonyl (C=O) groups excluding carboxylic acids is 3. The van der Waals surface area contributed by atoms with E-state index in [1.807, 2.05) is 0 Å². The van der Waals surface area contributed by atoms with Gasteiger partial charge in [0.15, 0.2) is 0 Å². The van der Waals surface area contributed by atoms with E-state index in [-0.39, 0.29) is 12.2 Å². The van der Waals surface area contributed by atoms with Gasteiger partial charge in [0.05, 0.1) is 18.9 Å². The Kier molecular flexibility index (Phi) is 12.0. The van der Waals surface area contributed by atoms with Crippen LogP contribution in [0.1, 0.15) is 38.7 Å². The number of rotatable bonds is 15. The number of carboxylic acid groups (broad SMARTS) is 3. The first kappa shape index (κ1) is 30.8. The van der Waals surface area contributed by atoms with Crippen molar-refractivity contribution in [3.8, 4) is 5.75 Å². The van der Waals surface area contributed by atoms with Crippen LogP contribution in [0.5, 0.6) is 5.75 Å². The van der Waals surface area contributed by atoms with Gasteiger partial charge in [0, 0.05) is 0 Å². The molecule has 0 aliphatic rings. The van der Waals surface area contributed by atoms with E-state index < -0.39 is 78.6 Å². The normalized spacial score (nSPS) is 14.8. The predicted octanol–water partition coefficient (Wildman–Crippen LogP) is -1.20. The van der Waals surface area contributed by atoms with Crippen LogP contribution >= 0.6 is 0 Å². The number of amides is 3. The van der Waals surface area contributed by atoms with Gasteiger partial charge in [-0.1, -0.05) is 32.4 Å². The monoisotopic (exact) mass is 524 g/mol. The van der Waals surface area contributed by atoms with Crippen molar-refractivity contribution in [2.75, 3.05) is 0 Å². The summed E-state index contributed by atoms with van der Waals surface area (Å²) < 4.78 is 0. The van der Waals surface area contributed by atoms with Crippen LogP contribution in [0.4, 0.5) is 0 Å². The number of aliphatic carboxylic acids is 3. The van der Waals surface area contributed by atoms with Crippen molar-refractivity contribution in [2.24, 2.45) is 11.7 Å². The van der Waals surface area contributed by atoms with Gasteiger partial charge in [0.25, 0.3) is 0 Å². The maximum atomic E-state index is 12.9. The molecule has 14 nitrogen and oxygen atoms in total. The van der Waals surface area contributed by atoms with Crippen molar-refractivity contribution in [2.45, 2.75) is 63.7 Å². The minimum atomic E-state index is -1.76. The number of carboxylic acids is 3. The van der Waals surface area contributed by atoms with Crippen molar-refractivity contribution in [3.05, 3.63) is 29.8 Å². The van der Waals surface area contributed by atoms with E-state index >= 15 is 0 Å². The maximum absolute atomic E-state index is 12.9. The summed E-state index contributed by atoms with van der Waals surface area (Å²) in [7, 11) is 0. The lowest BCUT2D eigenvalue weighted by Gasteiger charge is -2.27. The number of carbonyl (C=O) groups is 6. The van der Waals surface area contributed by atoms with E-state index in [1.165, 1.54) is 24.3 Å². The van der Waals surface area contributed by atoms with Gasteiger partial charge in [0.2, 0.25) is 17.7 Å². The van der Waals surface area contributed by atoms with Crippen LogP contribution < -0.4 is 21.7 Å². The third-order valence-electron chi connectivity index (χ3n) is 5.53. The molecule has 0 aliphatic carbocycles. The minimum Gasteiger partial charge on any atom is -0.508 e. The fourth-order valence-electron chi connectivity index (χ4n) is 3.23. The van der Waals surface area contributed by atoms with Gasteiger partial charge in [-0.25, -0.2) is 4.79 Å². The van der Waals surface area contributed by atoms with Crippen molar-refractivity contribution in [3.63, 3.8) is 0 Å². The molecule has 204 valence electrons. The molecule has 5 unspecified atom stereocenters. The molecule has 0 radical (unpaired) electrons. The summed E-state index contributed by atoms with van der Waals surface area (Å²) in [4.78, 5) is 71.8. The summed E-state index contributed by atoms with van der Waals surface area (Å²) >= 11 is 0. The Morgan fingerprint density at radius 2 is 1.32 bits per heavy atom. The molecular formula is C23H32N4O10. The third-order valence-corrected chi connectivity index (χ3v) is 5.53.